The van der Waals surface area contributed by atoms with Gasteiger partial charge in [-0.25, -0.2) is 0 Å². The van der Waals surface area contributed by atoms with Crippen LogP contribution >= 0.6 is 0 Å². The van der Waals surface area contributed by atoms with Crippen LogP contribution in [0.2, 0.25) is 0 Å². The number of nitrogens with one attached hydrogen (secondary N) is 1. The molecule has 0 aliphatic heterocycles. The Bertz CT molecular complexity index is 159. The molecular formula is C9H17NO3. The van der Waals surface area contributed by atoms with Crippen LogP contribution in [-0.4, -0.2) is 22.3 Å². The van der Waals surface area contributed by atoms with Crippen LogP contribution in [0, 0.1) is 0 Å². The summed E-state index contributed by atoms with van der Waals surface area (Å²) in [5, 5.41) is 17.0. The quantitative estimate of drug-likeness (QED) is 0.306. The predicted octanol–water partition coefficient (Wildman–Crippen LogP) is 1.55. The van der Waals surface area contributed by atoms with Crippen molar-refractivity contribution in [2.75, 3.05) is 0 Å². The summed E-state index contributed by atoms with van der Waals surface area (Å²) in [6, 6.07) is -0.830. The zero-order valence-electron chi connectivity index (χ0n) is 7.70. The standard InChI is InChI=1S/C9H17NO3/c1-2-3-4-5-6-7-8(10-13)9(11)12/h2,8,10,13H,1,3-7H2,(H,11,12)/t8-/m0/s1. The molecule has 0 saturated heterocycles. The highest BCUT2D eigenvalue weighted by Crippen LogP contribution is 2.05. The molecule has 3 N–H and O–H groups in total. The van der Waals surface area contributed by atoms with E-state index in [4.69, 9.17) is 10.3 Å². The normalized spacial score (nSPS) is 12.4. The van der Waals surface area contributed by atoms with E-state index in [0.29, 0.717) is 6.42 Å². The van der Waals surface area contributed by atoms with Crippen LogP contribution in [0.25, 0.3) is 0 Å². The fourth-order valence-electron chi connectivity index (χ4n) is 1.06. The second-order valence-electron chi connectivity index (χ2n) is 2.95. The topological polar surface area (TPSA) is 69.6 Å². The average molecular weight is 187 g/mol. The highest BCUT2D eigenvalue weighted by molar-refractivity contribution is 5.73. The maximum Gasteiger partial charge on any atom is 0.323 e. The summed E-state index contributed by atoms with van der Waals surface area (Å²) >= 11 is 0. The second kappa shape index (κ2) is 7.76. The fraction of sp³-hybridized carbons (Fsp3) is 0.667. The van der Waals surface area contributed by atoms with Gasteiger partial charge in [-0.05, 0) is 19.3 Å². The predicted molar refractivity (Wildman–Crippen MR) is 49.6 cm³/mol. The zero-order valence-corrected chi connectivity index (χ0v) is 7.70. The van der Waals surface area contributed by atoms with Gasteiger partial charge in [0.05, 0.1) is 0 Å². The number of carbonyl (C=O) groups is 1. The molecule has 0 aromatic heterocycles. The van der Waals surface area contributed by atoms with Crippen LogP contribution < -0.4 is 5.48 Å². The van der Waals surface area contributed by atoms with Crippen molar-refractivity contribution in [3.05, 3.63) is 12.7 Å². The number of carboxylic acid groups (broad SMARTS) is 1. The third-order valence-corrected chi connectivity index (χ3v) is 1.85. The highest BCUT2D eigenvalue weighted by Gasteiger charge is 2.14. The highest BCUT2D eigenvalue weighted by atomic mass is 16.5. The van der Waals surface area contributed by atoms with E-state index < -0.39 is 12.0 Å². The van der Waals surface area contributed by atoms with Crippen molar-refractivity contribution in [3.8, 4) is 0 Å². The maximum absolute atomic E-state index is 10.4. The summed E-state index contributed by atoms with van der Waals surface area (Å²) in [7, 11) is 0. The molecule has 0 heterocycles. The van der Waals surface area contributed by atoms with E-state index >= 15 is 0 Å². The monoisotopic (exact) mass is 187 g/mol. The molecule has 0 unspecified atom stereocenters. The number of aliphatic carboxylic acids is 1. The van der Waals surface area contributed by atoms with E-state index in [-0.39, 0.29) is 0 Å². The lowest BCUT2D eigenvalue weighted by Gasteiger charge is -2.08. The molecule has 0 spiro atoms. The van der Waals surface area contributed by atoms with Crippen molar-refractivity contribution in [1.82, 2.24) is 5.48 Å². The maximum atomic E-state index is 10.4. The summed E-state index contributed by atoms with van der Waals surface area (Å²) in [5.74, 6) is -1.01. The van der Waals surface area contributed by atoms with E-state index in [9.17, 15) is 4.79 Å². The first kappa shape index (κ1) is 12.1. The van der Waals surface area contributed by atoms with E-state index in [2.05, 4.69) is 6.58 Å². The van der Waals surface area contributed by atoms with Gasteiger partial charge < -0.3 is 10.3 Å². The number of hydrogen-bond acceptors (Lipinski definition) is 3. The van der Waals surface area contributed by atoms with Crippen LogP contribution in [0.1, 0.15) is 32.1 Å². The smallest absolute Gasteiger partial charge is 0.323 e. The van der Waals surface area contributed by atoms with Crippen molar-refractivity contribution in [3.63, 3.8) is 0 Å². The molecule has 0 aliphatic carbocycles. The van der Waals surface area contributed by atoms with Crippen LogP contribution in [0.15, 0.2) is 12.7 Å². The zero-order chi connectivity index (χ0) is 10.1. The lowest BCUT2D eigenvalue weighted by atomic mass is 10.1. The van der Waals surface area contributed by atoms with Gasteiger partial charge in [0, 0.05) is 0 Å². The Balaban J connectivity index is 3.38. The molecule has 0 aliphatic rings. The third-order valence-electron chi connectivity index (χ3n) is 1.85. The van der Waals surface area contributed by atoms with E-state index in [1.165, 1.54) is 0 Å². The van der Waals surface area contributed by atoms with Gasteiger partial charge in [-0.1, -0.05) is 18.9 Å². The Morgan fingerprint density at radius 1 is 1.46 bits per heavy atom. The van der Waals surface area contributed by atoms with Crippen molar-refractivity contribution >= 4 is 5.97 Å². The van der Waals surface area contributed by atoms with Crippen molar-refractivity contribution in [1.29, 1.82) is 0 Å². The lowest BCUT2D eigenvalue weighted by molar-refractivity contribution is -0.142. The molecule has 0 amide bonds. The molecule has 0 bridgehead atoms. The van der Waals surface area contributed by atoms with Crippen molar-refractivity contribution in [2.45, 2.75) is 38.1 Å². The Hall–Kier alpha value is -0.870. The number of hydrogen-bond donors (Lipinski definition) is 3. The first-order valence-corrected chi connectivity index (χ1v) is 4.45. The molecule has 13 heavy (non-hydrogen) atoms. The number of allylic oxidation sites excluding steroid dienone is 1. The van der Waals surface area contributed by atoms with Crippen molar-refractivity contribution < 1.29 is 15.1 Å². The Morgan fingerprint density at radius 2 is 2.15 bits per heavy atom. The van der Waals surface area contributed by atoms with E-state index in [1.807, 2.05) is 6.08 Å². The fourth-order valence-corrected chi connectivity index (χ4v) is 1.06. The van der Waals surface area contributed by atoms with Crippen molar-refractivity contribution in [2.24, 2.45) is 0 Å². The molecule has 0 radical (unpaired) electrons. The van der Waals surface area contributed by atoms with E-state index in [1.54, 1.807) is 5.48 Å². The lowest BCUT2D eigenvalue weighted by Crippen LogP contribution is -2.34. The Morgan fingerprint density at radius 3 is 2.62 bits per heavy atom. The van der Waals surface area contributed by atoms with Gasteiger partial charge >= 0.3 is 5.97 Å². The van der Waals surface area contributed by atoms with E-state index in [0.717, 1.165) is 25.7 Å². The number of rotatable bonds is 8. The second-order valence-corrected chi connectivity index (χ2v) is 2.95. The summed E-state index contributed by atoms with van der Waals surface area (Å²) in [5.41, 5.74) is 1.77. The largest absolute Gasteiger partial charge is 0.480 e. The summed E-state index contributed by atoms with van der Waals surface area (Å²) < 4.78 is 0. The first-order valence-electron chi connectivity index (χ1n) is 4.45. The third kappa shape index (κ3) is 6.31. The number of carboxylic acids is 1. The minimum absolute atomic E-state index is 0.461. The molecule has 0 aromatic carbocycles. The van der Waals surface area contributed by atoms with Gasteiger partial charge in [0.2, 0.25) is 0 Å². The minimum atomic E-state index is -1.01. The SMILES string of the molecule is C=CCCCCC[C@H](NO)C(=O)O. The van der Waals surface area contributed by atoms with Gasteiger partial charge in [0.1, 0.15) is 6.04 Å². The molecule has 0 rings (SSSR count). The summed E-state index contributed by atoms with van der Waals surface area (Å²) in [6.07, 6.45) is 6.07. The molecular weight excluding hydrogens is 170 g/mol. The van der Waals surface area contributed by atoms with Gasteiger partial charge in [-0.2, -0.15) is 5.48 Å². The first-order chi connectivity index (χ1) is 6.22. The molecule has 1 atom stereocenters. The van der Waals surface area contributed by atoms with Gasteiger partial charge in [-0.3, -0.25) is 4.79 Å². The van der Waals surface area contributed by atoms with Gasteiger partial charge in [-0.15, -0.1) is 6.58 Å². The molecule has 0 fully saturated rings. The number of hydroxylamine groups is 1. The van der Waals surface area contributed by atoms with Crippen LogP contribution in [0.4, 0.5) is 0 Å². The molecule has 76 valence electrons. The number of unbranched alkanes of at least 4 members (excludes halogenated alkanes) is 3. The average Bonchev–Trinajstić information content (AvgIpc) is 2.10. The van der Waals surface area contributed by atoms with Crippen LogP contribution in [0.3, 0.4) is 0 Å². The minimum Gasteiger partial charge on any atom is -0.480 e. The summed E-state index contributed by atoms with van der Waals surface area (Å²) in [6.45, 7) is 3.59. The summed E-state index contributed by atoms with van der Waals surface area (Å²) in [4.78, 5) is 10.4. The molecule has 0 aromatic rings. The molecule has 0 saturated carbocycles. The molecule has 4 heteroatoms. The van der Waals surface area contributed by atoms with Gasteiger partial charge in [0.25, 0.3) is 0 Å². The van der Waals surface area contributed by atoms with Gasteiger partial charge in [0.15, 0.2) is 0 Å². The molecule has 4 nitrogen and oxygen atoms in total. The van der Waals surface area contributed by atoms with Crippen LogP contribution in [-0.2, 0) is 4.79 Å². The Kier molecular flexibility index (Phi) is 7.24. The Labute approximate surface area is 78.2 Å². The van der Waals surface area contributed by atoms with Crippen LogP contribution in [0.5, 0.6) is 0 Å².